The second kappa shape index (κ2) is 34.9. The van der Waals surface area contributed by atoms with E-state index in [-0.39, 0.29) is 0 Å². The summed E-state index contributed by atoms with van der Waals surface area (Å²) in [5.41, 5.74) is 42.7. The van der Waals surface area contributed by atoms with Crippen LogP contribution in [0.4, 0.5) is 34.1 Å². The zero-order valence-corrected chi connectivity index (χ0v) is 75.7. The van der Waals surface area contributed by atoms with E-state index in [4.69, 9.17) is 8.83 Å². The monoisotopic (exact) mass is 1760 g/mol. The third-order valence-corrected chi connectivity index (χ3v) is 28.3. The van der Waals surface area contributed by atoms with Gasteiger partial charge in [-0.3, -0.25) is 0 Å². The predicted octanol–water partition coefficient (Wildman–Crippen LogP) is 36.2. The topological polar surface area (TPSA) is 32.8 Å². The molecule has 0 aliphatic heterocycles. The van der Waals surface area contributed by atoms with Crippen molar-refractivity contribution in [2.45, 2.75) is 10.8 Å². The van der Waals surface area contributed by atoms with Crippen LogP contribution in [0.25, 0.3) is 155 Å². The first-order valence-corrected chi connectivity index (χ1v) is 47.5. The van der Waals surface area contributed by atoms with Crippen LogP contribution in [-0.4, -0.2) is 0 Å². The van der Waals surface area contributed by atoms with Gasteiger partial charge in [0.15, 0.2) is 0 Å². The fourth-order valence-corrected chi connectivity index (χ4v) is 22.1. The SMILES string of the molecule is c1ccc(-c2ccc(-c3ccc(N(c4cccc(-c5ccc6c(c5)oc5ccccc56)c4)c4ccccc4-c4cccc5c4-c4ccccc4C5(c4ccccc4)c4ccccc4)cc3)cc2)cc1.c1ccc(-c2ccc(-c3cccc(N(c4cccc(-c5ccc6c(c5)oc5ccccc56)c4)c4ccccc4-c4cccc5c4-c4ccccc4C5(c4ccccc4)c4ccccc4)c3)cc2)cc1. The van der Waals surface area contributed by atoms with Crippen molar-refractivity contribution in [2.75, 3.05) is 9.80 Å². The number of hydrogen-bond donors (Lipinski definition) is 0. The normalized spacial score (nSPS) is 12.5. The quantitative estimate of drug-likeness (QED) is 0.0857. The first-order chi connectivity index (χ1) is 68.4. The zero-order chi connectivity index (χ0) is 91.5. The highest BCUT2D eigenvalue weighted by Gasteiger charge is 2.49. The average molecular weight is 1760 g/mol. The maximum Gasteiger partial charge on any atom is 0.136 e. The lowest BCUT2D eigenvalue weighted by molar-refractivity contribution is 0.668. The molecule has 0 saturated heterocycles. The second-order valence-electron chi connectivity index (χ2n) is 35.9. The van der Waals surface area contributed by atoms with Crippen LogP contribution >= 0.6 is 0 Å². The Morgan fingerprint density at radius 3 is 0.775 bits per heavy atom. The molecule has 0 saturated carbocycles. The molecule has 0 atom stereocenters. The van der Waals surface area contributed by atoms with Crippen LogP contribution in [0.5, 0.6) is 0 Å². The van der Waals surface area contributed by atoms with Crippen LogP contribution in [0.1, 0.15) is 44.5 Å². The molecule has 0 unspecified atom stereocenters. The Morgan fingerprint density at radius 1 is 0.145 bits per heavy atom. The minimum Gasteiger partial charge on any atom is -0.456 e. The molecule has 648 valence electrons. The van der Waals surface area contributed by atoms with Gasteiger partial charge in [-0.2, -0.15) is 0 Å². The van der Waals surface area contributed by atoms with E-state index < -0.39 is 10.8 Å². The van der Waals surface area contributed by atoms with Gasteiger partial charge in [0.05, 0.1) is 22.2 Å². The number of nitrogens with zero attached hydrogens (tertiary/aromatic N) is 2. The van der Waals surface area contributed by atoms with E-state index >= 15 is 0 Å². The molecule has 0 bridgehead atoms. The summed E-state index contributed by atoms with van der Waals surface area (Å²) in [6.07, 6.45) is 0. The van der Waals surface area contributed by atoms with E-state index in [9.17, 15) is 0 Å². The molecular weight excluding hydrogens is 1670 g/mol. The zero-order valence-electron chi connectivity index (χ0n) is 75.7. The first-order valence-electron chi connectivity index (χ1n) is 47.5. The summed E-state index contributed by atoms with van der Waals surface area (Å²) in [5.74, 6) is 0. The molecule has 0 radical (unpaired) electrons. The molecule has 0 N–H and O–H groups in total. The summed E-state index contributed by atoms with van der Waals surface area (Å²) in [7, 11) is 0. The van der Waals surface area contributed by atoms with Crippen molar-refractivity contribution in [1.82, 2.24) is 0 Å². The standard InChI is InChI=1S/2C67H45NO/c1-4-19-46(20-5-1)47-37-39-48(40-38-47)49-21-16-27-54(43-49)68(55-28-17-22-50(44-55)51-41-42-58-57-30-12-15-36-64(57)69-65(58)45-51)63-35-14-11-29-56(63)59-32-18-34-62-66(59)60-31-10-13-33-61(60)67(62,52-23-6-2-7-24-52)53-25-8-3-9-26-53;1-4-18-46(19-5-1)47-34-36-48(37-35-47)49-38-41-54(42-39-49)68(55-25-16-20-50(44-55)51-40-43-58-57-27-12-15-33-64(57)69-65(58)45-51)63-32-14-11-26-56(63)59-29-17-31-62-66(59)60-28-10-13-30-61(60)67(62,52-21-6-2-7-22-52)53-23-8-3-9-24-53/h2*1-45H. The fraction of sp³-hybridized carbons (Fsp3) is 0.0149. The van der Waals surface area contributed by atoms with Gasteiger partial charge in [0, 0.05) is 55.4 Å². The Hall–Kier alpha value is -18.0. The van der Waals surface area contributed by atoms with Crippen molar-refractivity contribution < 1.29 is 8.83 Å². The maximum absolute atomic E-state index is 6.41. The number of furan rings is 2. The summed E-state index contributed by atoms with van der Waals surface area (Å²) < 4.78 is 12.8. The van der Waals surface area contributed by atoms with Crippen molar-refractivity contribution in [3.63, 3.8) is 0 Å². The van der Waals surface area contributed by atoms with E-state index in [2.05, 4.69) is 532 Å². The van der Waals surface area contributed by atoms with E-state index in [1.807, 2.05) is 24.3 Å². The van der Waals surface area contributed by atoms with Gasteiger partial charge in [-0.1, -0.05) is 449 Å². The number of para-hydroxylation sites is 4. The highest BCUT2D eigenvalue weighted by Crippen LogP contribution is 2.62. The molecule has 26 rings (SSSR count). The van der Waals surface area contributed by atoms with Crippen molar-refractivity contribution in [2.24, 2.45) is 0 Å². The molecule has 4 nitrogen and oxygen atoms in total. The first kappa shape index (κ1) is 82.0. The Labute approximate surface area is 803 Å². The summed E-state index contributed by atoms with van der Waals surface area (Å²) in [4.78, 5) is 4.88. The van der Waals surface area contributed by atoms with Crippen LogP contribution in [0, 0.1) is 0 Å². The summed E-state index contributed by atoms with van der Waals surface area (Å²) >= 11 is 0. The van der Waals surface area contributed by atoms with E-state index in [1.165, 1.54) is 106 Å². The lowest BCUT2D eigenvalue weighted by Crippen LogP contribution is -2.28. The number of anilines is 6. The van der Waals surface area contributed by atoms with E-state index in [1.54, 1.807) is 0 Å². The fourth-order valence-electron chi connectivity index (χ4n) is 22.1. The summed E-state index contributed by atoms with van der Waals surface area (Å²) in [6.45, 7) is 0. The Balaban J connectivity index is 0.000000146. The molecular formula is C134H90N2O2. The Morgan fingerprint density at radius 2 is 0.391 bits per heavy atom. The Kier molecular flexibility index (Phi) is 20.7. The number of benzene rings is 22. The number of rotatable bonds is 18. The Bertz CT molecular complexity index is 8590. The van der Waals surface area contributed by atoms with E-state index in [0.717, 1.165) is 128 Å². The third-order valence-electron chi connectivity index (χ3n) is 28.3. The summed E-state index contributed by atoms with van der Waals surface area (Å²) in [5, 5.41) is 4.50. The maximum atomic E-state index is 6.41. The molecule has 0 amide bonds. The van der Waals surface area contributed by atoms with Crippen LogP contribution in [-0.2, 0) is 10.8 Å². The molecule has 0 spiro atoms. The van der Waals surface area contributed by atoms with Crippen LogP contribution in [0.3, 0.4) is 0 Å². The minimum absolute atomic E-state index is 0.510. The van der Waals surface area contributed by atoms with Gasteiger partial charge < -0.3 is 18.6 Å². The van der Waals surface area contributed by atoms with Crippen molar-refractivity contribution in [1.29, 1.82) is 0 Å². The van der Waals surface area contributed by atoms with Gasteiger partial charge in [-0.15, -0.1) is 0 Å². The molecule has 4 heteroatoms. The predicted molar refractivity (Wildman–Crippen MR) is 575 cm³/mol. The third kappa shape index (κ3) is 14.2. The van der Waals surface area contributed by atoms with Gasteiger partial charge in [-0.05, 0) is 242 Å². The van der Waals surface area contributed by atoms with Gasteiger partial charge in [0.25, 0.3) is 0 Å². The van der Waals surface area contributed by atoms with Crippen LogP contribution in [0.15, 0.2) is 555 Å². The average Bonchev–Trinajstić information content (AvgIpc) is 1.53. The van der Waals surface area contributed by atoms with Gasteiger partial charge >= 0.3 is 0 Å². The van der Waals surface area contributed by atoms with Crippen molar-refractivity contribution in [3.8, 4) is 111 Å². The lowest BCUT2D eigenvalue weighted by Gasteiger charge is -2.34. The van der Waals surface area contributed by atoms with Crippen molar-refractivity contribution >= 4 is 78.0 Å². The summed E-state index contributed by atoms with van der Waals surface area (Å²) in [6, 6.07) is 199. The highest BCUT2D eigenvalue weighted by molar-refractivity contribution is 6.09. The van der Waals surface area contributed by atoms with Gasteiger partial charge in [0.2, 0.25) is 0 Å². The second-order valence-corrected chi connectivity index (χ2v) is 35.9. The van der Waals surface area contributed by atoms with E-state index in [0.29, 0.717) is 0 Å². The smallest absolute Gasteiger partial charge is 0.136 e. The molecule has 2 heterocycles. The van der Waals surface area contributed by atoms with Crippen LogP contribution < -0.4 is 9.80 Å². The molecule has 0 fully saturated rings. The molecule has 24 aromatic rings. The largest absolute Gasteiger partial charge is 0.456 e. The molecule has 2 aromatic heterocycles. The molecule has 2 aliphatic rings. The highest BCUT2D eigenvalue weighted by atomic mass is 16.3. The number of hydrogen-bond acceptors (Lipinski definition) is 4. The minimum atomic E-state index is -0.515. The molecule has 22 aromatic carbocycles. The number of fused-ring (bicyclic) bond motifs is 12. The van der Waals surface area contributed by atoms with Crippen LogP contribution in [0.2, 0.25) is 0 Å². The van der Waals surface area contributed by atoms with Crippen molar-refractivity contribution in [3.05, 3.63) is 590 Å². The molecule has 2 aliphatic carbocycles. The lowest BCUT2D eigenvalue weighted by atomic mass is 9.67. The molecule has 138 heavy (non-hydrogen) atoms. The van der Waals surface area contributed by atoms with Gasteiger partial charge in [0.1, 0.15) is 22.3 Å². The van der Waals surface area contributed by atoms with Gasteiger partial charge in [-0.25, -0.2) is 0 Å².